The van der Waals surface area contributed by atoms with Crippen LogP contribution in [0.25, 0.3) is 10.8 Å². The lowest BCUT2D eigenvalue weighted by Gasteiger charge is -2.14. The van der Waals surface area contributed by atoms with Gasteiger partial charge in [-0.15, -0.1) is 12.4 Å². The summed E-state index contributed by atoms with van der Waals surface area (Å²) in [5.74, 6) is 1.000. The van der Waals surface area contributed by atoms with Gasteiger partial charge in [0, 0.05) is 12.1 Å². The van der Waals surface area contributed by atoms with Gasteiger partial charge in [-0.1, -0.05) is 37.3 Å². The number of hydrogen-bond donors (Lipinski definition) is 1. The van der Waals surface area contributed by atoms with Gasteiger partial charge in [0.2, 0.25) is 0 Å². The molecule has 104 valence electrons. The highest BCUT2D eigenvalue weighted by molar-refractivity contribution is 5.87. The highest BCUT2D eigenvalue weighted by Crippen LogP contribution is 2.28. The predicted octanol–water partition coefficient (Wildman–Crippen LogP) is 4.16. The summed E-state index contributed by atoms with van der Waals surface area (Å²) in [5.41, 5.74) is 1.27. The molecule has 2 nitrogen and oxygen atoms in total. The monoisotopic (exact) mass is 279 g/mol. The van der Waals surface area contributed by atoms with Crippen LogP contribution in [0.5, 0.6) is 5.75 Å². The molecule has 0 amide bonds. The van der Waals surface area contributed by atoms with Gasteiger partial charge in [-0.05, 0) is 36.7 Å². The maximum absolute atomic E-state index is 5.74. The van der Waals surface area contributed by atoms with E-state index in [9.17, 15) is 0 Å². The molecule has 1 N–H and O–H groups in total. The number of ether oxygens (including phenoxy) is 1. The van der Waals surface area contributed by atoms with Crippen LogP contribution in [-0.4, -0.2) is 13.2 Å². The molecule has 0 bridgehead atoms. The standard InChI is InChI=1S/C16H21NO.ClH/c1-3-11-17-12-15-14-8-6-5-7-13(14)9-10-16(15)18-4-2;/h5-10,17H,3-4,11-12H2,1-2H3;1H. The van der Waals surface area contributed by atoms with Crippen LogP contribution < -0.4 is 10.1 Å². The first-order valence-electron chi connectivity index (χ1n) is 6.71. The minimum Gasteiger partial charge on any atom is -0.494 e. The summed E-state index contributed by atoms with van der Waals surface area (Å²) in [6.45, 7) is 6.82. The summed E-state index contributed by atoms with van der Waals surface area (Å²) in [5, 5.41) is 6.02. The van der Waals surface area contributed by atoms with Gasteiger partial charge in [-0.3, -0.25) is 0 Å². The van der Waals surface area contributed by atoms with Crippen molar-refractivity contribution in [2.75, 3.05) is 13.2 Å². The van der Waals surface area contributed by atoms with Gasteiger partial charge in [-0.2, -0.15) is 0 Å². The molecular weight excluding hydrogens is 258 g/mol. The molecule has 0 aliphatic rings. The Bertz CT molecular complexity index is 513. The van der Waals surface area contributed by atoms with Crippen molar-refractivity contribution in [2.24, 2.45) is 0 Å². The topological polar surface area (TPSA) is 21.3 Å². The molecule has 0 aliphatic carbocycles. The zero-order valence-electron chi connectivity index (χ0n) is 11.6. The highest BCUT2D eigenvalue weighted by atomic mass is 35.5. The van der Waals surface area contributed by atoms with Crippen molar-refractivity contribution in [3.63, 3.8) is 0 Å². The van der Waals surface area contributed by atoms with Crippen LogP contribution in [0.4, 0.5) is 0 Å². The van der Waals surface area contributed by atoms with Crippen molar-refractivity contribution in [3.8, 4) is 5.75 Å². The Morgan fingerprint density at radius 2 is 1.84 bits per heavy atom. The Kier molecular flexibility index (Phi) is 6.68. The third kappa shape index (κ3) is 3.85. The van der Waals surface area contributed by atoms with Crippen LogP contribution in [0.15, 0.2) is 36.4 Å². The molecular formula is C16H22ClNO. The second-order valence-electron chi connectivity index (χ2n) is 4.37. The van der Waals surface area contributed by atoms with Crippen LogP contribution in [0.1, 0.15) is 25.8 Å². The van der Waals surface area contributed by atoms with Crippen molar-refractivity contribution >= 4 is 23.2 Å². The fourth-order valence-corrected chi connectivity index (χ4v) is 2.18. The SMILES string of the molecule is CCCNCc1c(OCC)ccc2ccccc12.Cl. The summed E-state index contributed by atoms with van der Waals surface area (Å²) in [6.07, 6.45) is 1.15. The number of rotatable bonds is 6. The minimum atomic E-state index is 0. The Labute approximate surface area is 121 Å². The van der Waals surface area contributed by atoms with Gasteiger partial charge in [0.15, 0.2) is 0 Å². The van der Waals surface area contributed by atoms with Gasteiger partial charge in [0.05, 0.1) is 6.61 Å². The predicted molar refractivity (Wildman–Crippen MR) is 84.4 cm³/mol. The first kappa shape index (κ1) is 15.8. The average Bonchev–Trinajstić information content (AvgIpc) is 2.41. The summed E-state index contributed by atoms with van der Waals surface area (Å²) in [7, 11) is 0. The lowest BCUT2D eigenvalue weighted by atomic mass is 10.0. The summed E-state index contributed by atoms with van der Waals surface area (Å²) >= 11 is 0. The van der Waals surface area contributed by atoms with Crippen molar-refractivity contribution in [1.29, 1.82) is 0 Å². The third-order valence-electron chi connectivity index (χ3n) is 3.03. The molecule has 2 rings (SSSR count). The van der Waals surface area contributed by atoms with E-state index in [4.69, 9.17) is 4.74 Å². The van der Waals surface area contributed by atoms with E-state index in [0.717, 1.165) is 25.3 Å². The molecule has 0 aliphatic heterocycles. The summed E-state index contributed by atoms with van der Waals surface area (Å²) < 4.78 is 5.74. The van der Waals surface area contributed by atoms with Gasteiger partial charge in [0.25, 0.3) is 0 Å². The Balaban J connectivity index is 0.00000180. The number of halogens is 1. The molecule has 0 aromatic heterocycles. The highest BCUT2D eigenvalue weighted by Gasteiger charge is 2.07. The maximum Gasteiger partial charge on any atom is 0.124 e. The van der Waals surface area contributed by atoms with Gasteiger partial charge in [-0.25, -0.2) is 0 Å². The van der Waals surface area contributed by atoms with E-state index >= 15 is 0 Å². The number of hydrogen-bond acceptors (Lipinski definition) is 2. The van der Waals surface area contributed by atoms with Crippen LogP contribution in [0.2, 0.25) is 0 Å². The van der Waals surface area contributed by atoms with E-state index < -0.39 is 0 Å². The van der Waals surface area contributed by atoms with Gasteiger partial charge in [0.1, 0.15) is 5.75 Å². The van der Waals surface area contributed by atoms with E-state index in [1.165, 1.54) is 16.3 Å². The molecule has 2 aromatic rings. The van der Waals surface area contributed by atoms with Gasteiger partial charge >= 0.3 is 0 Å². The van der Waals surface area contributed by atoms with E-state index in [1.807, 2.05) is 6.92 Å². The van der Waals surface area contributed by atoms with E-state index in [1.54, 1.807) is 0 Å². The molecule has 3 heteroatoms. The molecule has 0 atom stereocenters. The quantitative estimate of drug-likeness (QED) is 0.802. The minimum absolute atomic E-state index is 0. The largest absolute Gasteiger partial charge is 0.494 e. The normalized spacial score (nSPS) is 10.2. The van der Waals surface area contributed by atoms with E-state index in [-0.39, 0.29) is 12.4 Å². The molecule has 2 aromatic carbocycles. The molecule has 0 unspecified atom stereocenters. The Morgan fingerprint density at radius 1 is 1.05 bits per heavy atom. The first-order valence-corrected chi connectivity index (χ1v) is 6.71. The van der Waals surface area contributed by atoms with E-state index in [2.05, 4.69) is 48.6 Å². The molecule has 0 saturated carbocycles. The van der Waals surface area contributed by atoms with Crippen molar-refractivity contribution in [3.05, 3.63) is 42.0 Å². The Hall–Kier alpha value is -1.25. The van der Waals surface area contributed by atoms with Crippen LogP contribution >= 0.6 is 12.4 Å². The number of nitrogens with one attached hydrogen (secondary N) is 1. The van der Waals surface area contributed by atoms with Crippen LogP contribution in [0.3, 0.4) is 0 Å². The molecule has 0 spiro atoms. The lowest BCUT2D eigenvalue weighted by molar-refractivity contribution is 0.336. The lowest BCUT2D eigenvalue weighted by Crippen LogP contribution is -2.15. The second-order valence-corrected chi connectivity index (χ2v) is 4.37. The maximum atomic E-state index is 5.74. The Morgan fingerprint density at radius 3 is 2.58 bits per heavy atom. The molecule has 19 heavy (non-hydrogen) atoms. The fraction of sp³-hybridized carbons (Fsp3) is 0.375. The smallest absolute Gasteiger partial charge is 0.124 e. The molecule has 0 fully saturated rings. The first-order chi connectivity index (χ1) is 8.86. The summed E-state index contributed by atoms with van der Waals surface area (Å²) in [6, 6.07) is 12.7. The average molecular weight is 280 g/mol. The van der Waals surface area contributed by atoms with Gasteiger partial charge < -0.3 is 10.1 Å². The number of benzene rings is 2. The molecule has 0 heterocycles. The van der Waals surface area contributed by atoms with Crippen LogP contribution in [0, 0.1) is 0 Å². The number of fused-ring (bicyclic) bond motifs is 1. The zero-order valence-corrected chi connectivity index (χ0v) is 12.4. The van der Waals surface area contributed by atoms with Crippen LogP contribution in [-0.2, 0) is 6.54 Å². The fourth-order valence-electron chi connectivity index (χ4n) is 2.18. The third-order valence-corrected chi connectivity index (χ3v) is 3.03. The van der Waals surface area contributed by atoms with Crippen molar-refractivity contribution in [2.45, 2.75) is 26.8 Å². The summed E-state index contributed by atoms with van der Waals surface area (Å²) in [4.78, 5) is 0. The molecule has 0 saturated heterocycles. The molecule has 0 radical (unpaired) electrons. The van der Waals surface area contributed by atoms with Crippen molar-refractivity contribution < 1.29 is 4.74 Å². The van der Waals surface area contributed by atoms with E-state index in [0.29, 0.717) is 6.61 Å². The van der Waals surface area contributed by atoms with Crippen molar-refractivity contribution in [1.82, 2.24) is 5.32 Å². The zero-order chi connectivity index (χ0) is 12.8. The second kappa shape index (κ2) is 8.03.